The molecule has 2 atom stereocenters. The maximum Gasteiger partial charge on any atom is 0.333 e. The van der Waals surface area contributed by atoms with Gasteiger partial charge in [-0.1, -0.05) is 26.3 Å². The summed E-state index contributed by atoms with van der Waals surface area (Å²) in [6, 6.07) is 0. The second-order valence-corrected chi connectivity index (χ2v) is 8.23. The highest BCUT2D eigenvalue weighted by Gasteiger charge is 2.19. The molecule has 0 aromatic heterocycles. The Morgan fingerprint density at radius 2 is 0.833 bits per heavy atom. The number of esters is 4. The van der Waals surface area contributed by atoms with E-state index in [1.165, 1.54) is 27.7 Å². The number of hydrogen-bond acceptors (Lipinski definition) is 10. The summed E-state index contributed by atoms with van der Waals surface area (Å²) < 4.78 is 31.6. The predicted octanol–water partition coefficient (Wildman–Crippen LogP) is 3.01. The van der Waals surface area contributed by atoms with E-state index in [0.29, 0.717) is 26.1 Å². The summed E-state index contributed by atoms with van der Waals surface area (Å²) >= 11 is 0. The molecule has 0 radical (unpaired) electrons. The fourth-order valence-electron chi connectivity index (χ4n) is 2.16. The molecule has 10 heteroatoms. The van der Waals surface area contributed by atoms with Gasteiger partial charge in [0.2, 0.25) is 0 Å². The van der Waals surface area contributed by atoms with E-state index in [4.69, 9.17) is 28.4 Å². The van der Waals surface area contributed by atoms with Crippen LogP contribution in [0.3, 0.4) is 0 Å². The van der Waals surface area contributed by atoms with Crippen LogP contribution in [-0.2, 0) is 47.6 Å². The van der Waals surface area contributed by atoms with Gasteiger partial charge in [0.15, 0.2) is 12.2 Å². The average molecular weight is 511 g/mol. The van der Waals surface area contributed by atoms with E-state index >= 15 is 0 Å². The summed E-state index contributed by atoms with van der Waals surface area (Å²) in [6.45, 7) is 20.5. The number of hydrogen-bond donors (Lipinski definition) is 0. The highest BCUT2D eigenvalue weighted by atomic mass is 16.6. The Balaban J connectivity index is 4.40. The molecule has 0 aromatic carbocycles. The van der Waals surface area contributed by atoms with Crippen LogP contribution in [0.2, 0.25) is 0 Å². The SMILES string of the molecule is C=C(C)C(=O)OCC(COCCCCOCC(COC(=O)C(=C)C)OC(=O)C(=C)C)OC(=O)C(=C)C. The van der Waals surface area contributed by atoms with Crippen molar-refractivity contribution in [2.75, 3.05) is 39.6 Å². The summed E-state index contributed by atoms with van der Waals surface area (Å²) in [5.41, 5.74) is 0.882. The third-order valence-corrected chi connectivity index (χ3v) is 4.18. The maximum atomic E-state index is 11.8. The smallest absolute Gasteiger partial charge is 0.333 e. The maximum absolute atomic E-state index is 11.8. The molecular weight excluding hydrogens is 472 g/mol. The normalized spacial score (nSPS) is 12.0. The lowest BCUT2D eigenvalue weighted by Gasteiger charge is -2.19. The lowest BCUT2D eigenvalue weighted by atomic mass is 10.3. The van der Waals surface area contributed by atoms with Crippen LogP contribution < -0.4 is 0 Å². The minimum Gasteiger partial charge on any atom is -0.458 e. The van der Waals surface area contributed by atoms with Gasteiger partial charge in [-0.25, -0.2) is 19.2 Å². The number of carbonyl (C=O) groups excluding carboxylic acids is 4. The van der Waals surface area contributed by atoms with Crippen LogP contribution in [0.1, 0.15) is 40.5 Å². The molecule has 0 N–H and O–H groups in total. The minimum atomic E-state index is -0.792. The monoisotopic (exact) mass is 510 g/mol. The highest BCUT2D eigenvalue weighted by molar-refractivity contribution is 5.88. The van der Waals surface area contributed by atoms with Crippen molar-refractivity contribution in [2.45, 2.75) is 52.7 Å². The molecule has 0 bridgehead atoms. The number of unbranched alkanes of at least 4 members (excludes halogenated alkanes) is 1. The van der Waals surface area contributed by atoms with Crippen molar-refractivity contribution in [3.63, 3.8) is 0 Å². The Morgan fingerprint density at radius 3 is 1.11 bits per heavy atom. The van der Waals surface area contributed by atoms with E-state index in [1.54, 1.807) is 0 Å². The number of ether oxygens (including phenoxy) is 6. The van der Waals surface area contributed by atoms with Crippen molar-refractivity contribution in [2.24, 2.45) is 0 Å². The van der Waals surface area contributed by atoms with Crippen LogP contribution in [0.5, 0.6) is 0 Å². The second kappa shape index (κ2) is 18.1. The van der Waals surface area contributed by atoms with Crippen LogP contribution >= 0.6 is 0 Å². The standard InChI is InChI=1S/C26H38O10/c1-17(2)23(27)33-15-21(35-25(29)19(5)6)13-31-11-9-10-12-32-14-22(36-26(30)20(7)8)16-34-24(28)18(3)4/h21-22H,1,3,5,7,9-16H2,2,4,6,8H3. The molecule has 2 unspecified atom stereocenters. The third kappa shape index (κ3) is 15.6. The fraction of sp³-hybridized carbons (Fsp3) is 0.538. The molecule has 36 heavy (non-hydrogen) atoms. The first-order valence-electron chi connectivity index (χ1n) is 11.4. The van der Waals surface area contributed by atoms with E-state index in [0.717, 1.165) is 0 Å². The van der Waals surface area contributed by atoms with E-state index in [-0.39, 0.29) is 48.7 Å². The van der Waals surface area contributed by atoms with Gasteiger partial charge in [-0.05, 0) is 40.5 Å². The van der Waals surface area contributed by atoms with Gasteiger partial charge in [-0.2, -0.15) is 0 Å². The quantitative estimate of drug-likeness (QED) is 0.111. The van der Waals surface area contributed by atoms with Crippen molar-refractivity contribution in [1.29, 1.82) is 0 Å². The van der Waals surface area contributed by atoms with Gasteiger partial charge in [-0.15, -0.1) is 0 Å². The van der Waals surface area contributed by atoms with Gasteiger partial charge in [0.1, 0.15) is 13.2 Å². The highest BCUT2D eigenvalue weighted by Crippen LogP contribution is 2.06. The molecule has 0 aliphatic carbocycles. The second-order valence-electron chi connectivity index (χ2n) is 8.23. The first kappa shape index (κ1) is 32.8. The van der Waals surface area contributed by atoms with Crippen molar-refractivity contribution in [3.05, 3.63) is 48.6 Å². The van der Waals surface area contributed by atoms with Crippen LogP contribution in [0.4, 0.5) is 0 Å². The molecule has 202 valence electrons. The molecule has 0 aromatic rings. The third-order valence-electron chi connectivity index (χ3n) is 4.18. The molecule has 0 aliphatic heterocycles. The zero-order chi connectivity index (χ0) is 27.7. The minimum absolute atomic E-state index is 0.0242. The largest absolute Gasteiger partial charge is 0.458 e. The fourth-order valence-corrected chi connectivity index (χ4v) is 2.16. The molecule has 0 fully saturated rings. The van der Waals surface area contributed by atoms with E-state index in [1.807, 2.05) is 0 Å². The Bertz CT molecular complexity index is 759. The van der Waals surface area contributed by atoms with Crippen LogP contribution in [0.25, 0.3) is 0 Å². The summed E-state index contributed by atoms with van der Waals surface area (Å²) in [5, 5.41) is 0. The molecule has 0 spiro atoms. The van der Waals surface area contributed by atoms with E-state index in [9.17, 15) is 19.2 Å². The van der Waals surface area contributed by atoms with Gasteiger partial charge < -0.3 is 28.4 Å². The van der Waals surface area contributed by atoms with Crippen LogP contribution in [0, 0.1) is 0 Å². The van der Waals surface area contributed by atoms with Crippen LogP contribution in [-0.4, -0.2) is 75.7 Å². The molecule has 0 saturated carbocycles. The molecule has 0 saturated heterocycles. The Hall–Kier alpha value is -3.24. The summed E-state index contributed by atoms with van der Waals surface area (Å²) in [4.78, 5) is 46.8. The van der Waals surface area contributed by atoms with Crippen molar-refractivity contribution >= 4 is 23.9 Å². The Kier molecular flexibility index (Phi) is 16.5. The van der Waals surface area contributed by atoms with Crippen molar-refractivity contribution < 1.29 is 47.6 Å². The molecular formula is C26H38O10. The van der Waals surface area contributed by atoms with Crippen molar-refractivity contribution in [1.82, 2.24) is 0 Å². The first-order valence-corrected chi connectivity index (χ1v) is 11.4. The van der Waals surface area contributed by atoms with E-state index < -0.39 is 36.1 Å². The summed E-state index contributed by atoms with van der Waals surface area (Å²) in [6.07, 6.45) is -0.347. The van der Waals surface area contributed by atoms with Crippen molar-refractivity contribution in [3.8, 4) is 0 Å². The zero-order valence-electron chi connectivity index (χ0n) is 21.7. The Labute approximate surface area is 212 Å². The summed E-state index contributed by atoms with van der Waals surface area (Å²) in [5.74, 6) is -2.41. The number of carbonyl (C=O) groups is 4. The molecule has 0 aliphatic rings. The topological polar surface area (TPSA) is 124 Å². The van der Waals surface area contributed by atoms with Gasteiger partial charge in [0.05, 0.1) is 13.2 Å². The molecule has 10 nitrogen and oxygen atoms in total. The van der Waals surface area contributed by atoms with E-state index in [2.05, 4.69) is 26.3 Å². The molecule has 0 rings (SSSR count). The predicted molar refractivity (Wildman–Crippen MR) is 132 cm³/mol. The lowest BCUT2D eigenvalue weighted by Crippen LogP contribution is -2.30. The number of rotatable bonds is 19. The molecule has 0 amide bonds. The van der Waals surface area contributed by atoms with Gasteiger partial charge >= 0.3 is 23.9 Å². The first-order chi connectivity index (χ1) is 16.8. The van der Waals surface area contributed by atoms with Gasteiger partial charge in [-0.3, -0.25) is 0 Å². The molecule has 0 heterocycles. The zero-order valence-corrected chi connectivity index (χ0v) is 21.7. The van der Waals surface area contributed by atoms with Gasteiger partial charge in [0, 0.05) is 35.5 Å². The Morgan fingerprint density at radius 1 is 0.528 bits per heavy atom. The average Bonchev–Trinajstić information content (AvgIpc) is 2.80. The summed E-state index contributed by atoms with van der Waals surface area (Å²) in [7, 11) is 0. The lowest BCUT2D eigenvalue weighted by molar-refractivity contribution is -0.158. The van der Waals surface area contributed by atoms with Crippen LogP contribution in [0.15, 0.2) is 48.6 Å². The van der Waals surface area contributed by atoms with Gasteiger partial charge in [0.25, 0.3) is 0 Å².